The molecule has 1 fully saturated rings. The van der Waals surface area contributed by atoms with Crippen molar-refractivity contribution in [2.75, 3.05) is 0 Å². The zero-order valence-electron chi connectivity index (χ0n) is 28.7. The first-order chi connectivity index (χ1) is 22.0. The van der Waals surface area contributed by atoms with Gasteiger partial charge in [-0.05, 0) is 59.9 Å². The first-order valence-corrected chi connectivity index (χ1v) is 16.8. The minimum atomic E-state index is -0.199. The topological polar surface area (TPSA) is 57.0 Å². The molecule has 1 saturated carbocycles. The predicted octanol–water partition coefficient (Wildman–Crippen LogP) is 11.2. The van der Waals surface area contributed by atoms with Crippen molar-refractivity contribution >= 4 is 27.3 Å². The van der Waals surface area contributed by atoms with E-state index in [2.05, 4.69) is 106 Å². The van der Waals surface area contributed by atoms with E-state index in [0.717, 1.165) is 33.9 Å². The molecule has 4 nitrogen and oxygen atoms in total. The maximum atomic E-state index is 10.8. The van der Waals surface area contributed by atoms with Gasteiger partial charge in [0, 0.05) is 36.8 Å². The molecule has 0 aliphatic heterocycles. The molecule has 0 unspecified atom stereocenters. The van der Waals surface area contributed by atoms with Crippen LogP contribution in [0.2, 0.25) is 0 Å². The van der Waals surface area contributed by atoms with Gasteiger partial charge in [0.05, 0.1) is 5.69 Å². The molecule has 1 radical (unpaired) electrons. The number of hydrogen-bond acceptors (Lipinski definition) is 3. The number of rotatable bonds is 5. The number of fused-ring (bicyclic) bond motifs is 5. The summed E-state index contributed by atoms with van der Waals surface area (Å²) >= 11 is 0. The Morgan fingerprint density at radius 1 is 0.915 bits per heavy atom. The molecule has 0 bridgehead atoms. The summed E-state index contributed by atoms with van der Waals surface area (Å²) in [6, 6.07) is 28.3. The van der Waals surface area contributed by atoms with Crippen LogP contribution in [0.3, 0.4) is 0 Å². The molecular weight excluding hydrogens is 755 g/mol. The number of aryl methyl sites for hydroxylation is 1. The monoisotopic (exact) mass is 800 g/mol. The van der Waals surface area contributed by atoms with Gasteiger partial charge in [-0.25, -0.2) is 4.98 Å². The Morgan fingerprint density at radius 3 is 2.23 bits per heavy atom. The van der Waals surface area contributed by atoms with Crippen molar-refractivity contribution in [3.05, 3.63) is 112 Å². The number of allylic oxidation sites excluding steroid dienone is 2. The van der Waals surface area contributed by atoms with Gasteiger partial charge in [-0.15, -0.1) is 35.2 Å². The van der Waals surface area contributed by atoms with Crippen LogP contribution in [0.15, 0.2) is 78.5 Å². The molecule has 5 aromatic rings. The fourth-order valence-corrected chi connectivity index (χ4v) is 7.34. The maximum absolute atomic E-state index is 10.8. The number of carbonyl (C=O) groups excluding carboxylic acids is 1. The summed E-state index contributed by atoms with van der Waals surface area (Å²) in [5.74, 6) is 1.31. The number of carbonyl (C=O) groups is 1. The Hall–Kier alpha value is -3.66. The van der Waals surface area contributed by atoms with Gasteiger partial charge in [0.15, 0.2) is 5.78 Å². The zero-order valence-corrected chi connectivity index (χ0v) is 31.1. The van der Waals surface area contributed by atoms with Crippen molar-refractivity contribution in [2.45, 2.75) is 97.9 Å². The largest absolute Gasteiger partial charge is 0.685 e. The summed E-state index contributed by atoms with van der Waals surface area (Å²) in [5, 5.41) is 9.44. The molecule has 0 amide bonds. The molecule has 2 aliphatic carbocycles. The normalized spacial score (nSPS) is 15.4. The third-order valence-electron chi connectivity index (χ3n) is 9.52. The Kier molecular flexibility index (Phi) is 10.5. The van der Waals surface area contributed by atoms with Gasteiger partial charge in [0.2, 0.25) is 0 Å². The number of aromatic nitrogens is 2. The van der Waals surface area contributed by atoms with Crippen LogP contribution in [0.1, 0.15) is 102 Å². The van der Waals surface area contributed by atoms with Crippen LogP contribution in [-0.4, -0.2) is 21.8 Å². The van der Waals surface area contributed by atoms with Crippen molar-refractivity contribution in [3.63, 3.8) is 0 Å². The van der Waals surface area contributed by atoms with Crippen LogP contribution < -0.4 is 0 Å². The predicted molar refractivity (Wildman–Crippen MR) is 192 cm³/mol. The molecule has 1 aromatic heterocycles. The van der Waals surface area contributed by atoms with E-state index in [0.29, 0.717) is 12.0 Å². The van der Waals surface area contributed by atoms with E-state index in [1.165, 1.54) is 70.5 Å². The molecule has 5 heteroatoms. The molecular formula is C42H45IrN3O-2. The van der Waals surface area contributed by atoms with E-state index in [1.807, 2.05) is 13.8 Å². The Bertz CT molecular complexity index is 1970. The standard InChI is InChI=1S/C31H27N2.C11H19NO.Ir/c1-18(2)25-16-23(14-22-12-8-9-13-24(22)25)29-28-30(33-19(3)32-29)26-15-20-10-6-7-11-21(20)17-27(26)31(28,4)5;1-9(8-10(2)13)12-11-6-4-3-5-7-11;/h6-13,15-18H,1-5H3;8,11H,3-7H2,1-2H3,(H,12,13);/q-1;;/p-1. The van der Waals surface area contributed by atoms with Gasteiger partial charge in [0.1, 0.15) is 5.82 Å². The summed E-state index contributed by atoms with van der Waals surface area (Å²) in [6.45, 7) is 14.6. The number of nitrogens with zero attached hydrogens (tertiary/aromatic N) is 3. The van der Waals surface area contributed by atoms with E-state index in [9.17, 15) is 4.79 Å². The summed E-state index contributed by atoms with van der Waals surface area (Å²) in [6.07, 6.45) is 7.95. The quantitative estimate of drug-likeness (QED) is 0.131. The van der Waals surface area contributed by atoms with Gasteiger partial charge >= 0.3 is 0 Å². The van der Waals surface area contributed by atoms with E-state index < -0.39 is 0 Å². The van der Waals surface area contributed by atoms with Crippen LogP contribution in [0.25, 0.3) is 49.4 Å². The third kappa shape index (κ3) is 7.12. The zero-order chi connectivity index (χ0) is 32.6. The van der Waals surface area contributed by atoms with Crippen molar-refractivity contribution < 1.29 is 24.9 Å². The third-order valence-corrected chi connectivity index (χ3v) is 9.52. The fourth-order valence-electron chi connectivity index (χ4n) is 7.34. The molecule has 0 spiro atoms. The molecule has 245 valence electrons. The molecule has 0 N–H and O–H groups in total. The second-order valence-electron chi connectivity index (χ2n) is 13.9. The Balaban J connectivity index is 0.000000263. The molecule has 0 saturated heterocycles. The maximum Gasteiger partial charge on any atom is 0.151 e. The van der Waals surface area contributed by atoms with Crippen molar-refractivity contribution in [2.24, 2.45) is 0 Å². The van der Waals surface area contributed by atoms with Crippen LogP contribution >= 0.6 is 0 Å². The molecule has 0 atom stereocenters. The van der Waals surface area contributed by atoms with Gasteiger partial charge in [-0.2, -0.15) is 5.70 Å². The average Bonchev–Trinajstić information content (AvgIpc) is 3.24. The minimum absolute atomic E-state index is 0. The van der Waals surface area contributed by atoms with Gasteiger partial charge < -0.3 is 5.32 Å². The van der Waals surface area contributed by atoms with E-state index in [4.69, 9.17) is 9.97 Å². The van der Waals surface area contributed by atoms with Crippen molar-refractivity contribution in [1.29, 1.82) is 0 Å². The number of ketones is 1. The van der Waals surface area contributed by atoms with Crippen LogP contribution in [0, 0.1) is 13.0 Å². The summed E-state index contributed by atoms with van der Waals surface area (Å²) in [5.41, 5.74) is 8.92. The smallest absolute Gasteiger partial charge is 0.151 e. The van der Waals surface area contributed by atoms with Gasteiger partial charge in [0.25, 0.3) is 0 Å². The van der Waals surface area contributed by atoms with Gasteiger partial charge in [-0.3, -0.25) is 9.78 Å². The van der Waals surface area contributed by atoms with E-state index in [1.54, 1.807) is 13.0 Å². The fraction of sp³-hybridized carbons (Fsp3) is 0.357. The summed E-state index contributed by atoms with van der Waals surface area (Å²) in [4.78, 5) is 20.8. The molecule has 4 aromatic carbocycles. The van der Waals surface area contributed by atoms with E-state index >= 15 is 0 Å². The average molecular weight is 800 g/mol. The van der Waals surface area contributed by atoms with E-state index in [-0.39, 0.29) is 31.3 Å². The SMILES string of the molecule is CC(=O)/C=C(/C)[N-]C1CCCCC1.Cc1nc(-c2[c-]c3ccccc3c(C(C)C)c2)c2c(n1)-c1cc3ccccc3cc1C2(C)C.[Ir]. The second kappa shape index (κ2) is 14.2. The molecule has 2 aliphatic rings. The summed E-state index contributed by atoms with van der Waals surface area (Å²) in [7, 11) is 0. The number of hydrogen-bond donors (Lipinski definition) is 0. The van der Waals surface area contributed by atoms with Crippen molar-refractivity contribution in [1.82, 2.24) is 9.97 Å². The molecule has 7 rings (SSSR count). The second-order valence-corrected chi connectivity index (χ2v) is 13.9. The molecule has 1 heterocycles. The first-order valence-electron chi connectivity index (χ1n) is 16.8. The van der Waals surface area contributed by atoms with Crippen LogP contribution in [0.4, 0.5) is 0 Å². The first kappa shape index (κ1) is 34.7. The van der Waals surface area contributed by atoms with Gasteiger partial charge in [-0.1, -0.05) is 120 Å². The van der Waals surface area contributed by atoms with Crippen molar-refractivity contribution in [3.8, 4) is 22.5 Å². The van der Waals surface area contributed by atoms with Crippen LogP contribution in [0.5, 0.6) is 0 Å². The van der Waals surface area contributed by atoms with Crippen LogP contribution in [-0.2, 0) is 30.3 Å². The molecule has 47 heavy (non-hydrogen) atoms. The Morgan fingerprint density at radius 2 is 1.55 bits per heavy atom. The Labute approximate surface area is 293 Å². The minimum Gasteiger partial charge on any atom is -0.685 e. The summed E-state index contributed by atoms with van der Waals surface area (Å²) < 4.78 is 0. The number of benzene rings is 4.